The number of hydrogen-bond acceptors (Lipinski definition) is 2. The Bertz CT molecular complexity index is 118. The lowest BCUT2D eigenvalue weighted by molar-refractivity contribution is -0.105. The van der Waals surface area contributed by atoms with Gasteiger partial charge in [0.1, 0.15) is 0 Å². The molecule has 3 N–H and O–H groups in total. The van der Waals surface area contributed by atoms with Crippen molar-refractivity contribution < 1.29 is 5.11 Å². The molecule has 2 heteroatoms. The van der Waals surface area contributed by atoms with Crippen molar-refractivity contribution in [1.29, 1.82) is 0 Å². The molecule has 1 fully saturated rings. The van der Waals surface area contributed by atoms with E-state index in [0.29, 0.717) is 12.5 Å². The standard InChI is InChI=1S/C8H17NO/c1-6-3-8(10,4-6)7(2)5-9/h6-7,10H,3-5,9H2,1-2H3. The van der Waals surface area contributed by atoms with Gasteiger partial charge in [0.2, 0.25) is 0 Å². The summed E-state index contributed by atoms with van der Waals surface area (Å²) in [7, 11) is 0. The van der Waals surface area contributed by atoms with Crippen molar-refractivity contribution in [1.82, 2.24) is 0 Å². The van der Waals surface area contributed by atoms with Crippen LogP contribution < -0.4 is 5.73 Å². The van der Waals surface area contributed by atoms with E-state index in [2.05, 4.69) is 6.92 Å². The number of hydrogen-bond donors (Lipinski definition) is 2. The molecule has 1 atom stereocenters. The maximum atomic E-state index is 9.77. The van der Waals surface area contributed by atoms with Crippen LogP contribution in [0.15, 0.2) is 0 Å². The minimum absolute atomic E-state index is 0.267. The van der Waals surface area contributed by atoms with Gasteiger partial charge in [0.15, 0.2) is 0 Å². The normalized spacial score (nSPS) is 42.6. The van der Waals surface area contributed by atoms with E-state index in [9.17, 15) is 5.11 Å². The molecule has 1 saturated carbocycles. The maximum Gasteiger partial charge on any atom is 0.0690 e. The summed E-state index contributed by atoms with van der Waals surface area (Å²) in [4.78, 5) is 0. The topological polar surface area (TPSA) is 46.2 Å². The molecule has 1 aliphatic rings. The van der Waals surface area contributed by atoms with Gasteiger partial charge in [-0.15, -0.1) is 0 Å². The maximum absolute atomic E-state index is 9.77. The van der Waals surface area contributed by atoms with E-state index >= 15 is 0 Å². The summed E-state index contributed by atoms with van der Waals surface area (Å²) in [6.07, 6.45) is 1.87. The quantitative estimate of drug-likeness (QED) is 0.599. The smallest absolute Gasteiger partial charge is 0.0690 e. The van der Waals surface area contributed by atoms with Crippen molar-refractivity contribution in [3.8, 4) is 0 Å². The summed E-state index contributed by atoms with van der Waals surface area (Å²) >= 11 is 0. The summed E-state index contributed by atoms with van der Waals surface area (Å²) in [5.74, 6) is 0.961. The van der Waals surface area contributed by atoms with Crippen LogP contribution in [0, 0.1) is 11.8 Å². The van der Waals surface area contributed by atoms with Crippen LogP contribution in [-0.2, 0) is 0 Å². The molecule has 60 valence electrons. The van der Waals surface area contributed by atoms with Gasteiger partial charge >= 0.3 is 0 Å². The van der Waals surface area contributed by atoms with E-state index in [4.69, 9.17) is 5.73 Å². The predicted molar refractivity (Wildman–Crippen MR) is 41.6 cm³/mol. The summed E-state index contributed by atoms with van der Waals surface area (Å²) in [5, 5.41) is 9.77. The minimum atomic E-state index is -0.422. The second-order valence-corrected chi connectivity index (χ2v) is 3.75. The molecule has 0 aromatic carbocycles. The molecule has 10 heavy (non-hydrogen) atoms. The first kappa shape index (κ1) is 8.02. The van der Waals surface area contributed by atoms with Crippen molar-refractivity contribution >= 4 is 0 Å². The van der Waals surface area contributed by atoms with Gasteiger partial charge in [0.25, 0.3) is 0 Å². The zero-order valence-electron chi connectivity index (χ0n) is 6.80. The Hall–Kier alpha value is -0.0800. The third-order valence-corrected chi connectivity index (χ3v) is 2.67. The first-order valence-corrected chi connectivity index (χ1v) is 4.01. The number of rotatable bonds is 2. The average molecular weight is 143 g/mol. The Balaban J connectivity index is 2.40. The van der Waals surface area contributed by atoms with E-state index < -0.39 is 5.60 Å². The molecule has 0 amide bonds. The van der Waals surface area contributed by atoms with Crippen LogP contribution in [0.2, 0.25) is 0 Å². The highest BCUT2D eigenvalue weighted by Crippen LogP contribution is 2.42. The molecule has 0 spiro atoms. The van der Waals surface area contributed by atoms with Gasteiger partial charge in [0, 0.05) is 0 Å². The van der Waals surface area contributed by atoms with Crippen molar-refractivity contribution in [2.24, 2.45) is 17.6 Å². The largest absolute Gasteiger partial charge is 0.390 e. The lowest BCUT2D eigenvalue weighted by atomic mass is 9.66. The van der Waals surface area contributed by atoms with Crippen LogP contribution >= 0.6 is 0 Å². The SMILES string of the molecule is CC1CC(O)(C(C)CN)C1. The van der Waals surface area contributed by atoms with Crippen LogP contribution in [0.3, 0.4) is 0 Å². The molecule has 0 radical (unpaired) electrons. The minimum Gasteiger partial charge on any atom is -0.390 e. The third-order valence-electron chi connectivity index (χ3n) is 2.67. The van der Waals surface area contributed by atoms with E-state index in [1.54, 1.807) is 0 Å². The van der Waals surface area contributed by atoms with Gasteiger partial charge in [-0.1, -0.05) is 13.8 Å². The van der Waals surface area contributed by atoms with Crippen LogP contribution in [0.1, 0.15) is 26.7 Å². The summed E-state index contributed by atoms with van der Waals surface area (Å²) in [6.45, 7) is 4.78. The molecule has 1 unspecified atom stereocenters. The lowest BCUT2D eigenvalue weighted by Crippen LogP contribution is -2.50. The van der Waals surface area contributed by atoms with Crippen molar-refractivity contribution in [2.45, 2.75) is 32.3 Å². The third kappa shape index (κ3) is 1.18. The zero-order valence-corrected chi connectivity index (χ0v) is 6.80. The highest BCUT2D eigenvalue weighted by Gasteiger charge is 2.43. The lowest BCUT2D eigenvalue weighted by Gasteiger charge is -2.46. The molecule has 0 aromatic heterocycles. The summed E-state index contributed by atoms with van der Waals surface area (Å²) in [5.41, 5.74) is 5.03. The molecule has 1 aliphatic carbocycles. The van der Waals surface area contributed by atoms with Gasteiger partial charge in [-0.2, -0.15) is 0 Å². The molecule has 0 aliphatic heterocycles. The Morgan fingerprint density at radius 2 is 2.20 bits per heavy atom. The van der Waals surface area contributed by atoms with Crippen molar-refractivity contribution in [2.75, 3.05) is 6.54 Å². The van der Waals surface area contributed by atoms with Crippen LogP contribution in [0.5, 0.6) is 0 Å². The van der Waals surface area contributed by atoms with Crippen LogP contribution in [0.25, 0.3) is 0 Å². The van der Waals surface area contributed by atoms with E-state index in [1.165, 1.54) is 0 Å². The Kier molecular flexibility index (Phi) is 2.02. The van der Waals surface area contributed by atoms with E-state index in [1.807, 2.05) is 6.92 Å². The Morgan fingerprint density at radius 1 is 1.70 bits per heavy atom. The Labute approximate surface area is 62.4 Å². The highest BCUT2D eigenvalue weighted by atomic mass is 16.3. The fourth-order valence-electron chi connectivity index (χ4n) is 1.77. The monoisotopic (exact) mass is 143 g/mol. The molecule has 0 heterocycles. The summed E-state index contributed by atoms with van der Waals surface area (Å²) in [6, 6.07) is 0. The molecular formula is C8H17NO. The van der Waals surface area contributed by atoms with Crippen molar-refractivity contribution in [3.63, 3.8) is 0 Å². The molecule has 0 saturated heterocycles. The van der Waals surface area contributed by atoms with Crippen molar-refractivity contribution in [3.05, 3.63) is 0 Å². The predicted octanol–water partition coefficient (Wildman–Crippen LogP) is 0.742. The second-order valence-electron chi connectivity index (χ2n) is 3.75. The van der Waals surface area contributed by atoms with Crippen LogP contribution in [-0.4, -0.2) is 17.3 Å². The van der Waals surface area contributed by atoms with Gasteiger partial charge < -0.3 is 10.8 Å². The average Bonchev–Trinajstić information content (AvgIpc) is 1.83. The fourth-order valence-corrected chi connectivity index (χ4v) is 1.77. The van der Waals surface area contributed by atoms with Gasteiger partial charge in [-0.05, 0) is 31.2 Å². The zero-order chi connectivity index (χ0) is 7.78. The molecule has 0 bridgehead atoms. The van der Waals surface area contributed by atoms with E-state index in [0.717, 1.165) is 12.8 Å². The first-order valence-electron chi connectivity index (χ1n) is 4.01. The second kappa shape index (κ2) is 2.51. The highest BCUT2D eigenvalue weighted by molar-refractivity contribution is 4.95. The fraction of sp³-hybridized carbons (Fsp3) is 1.00. The number of nitrogens with two attached hydrogens (primary N) is 1. The van der Waals surface area contributed by atoms with Crippen LogP contribution in [0.4, 0.5) is 0 Å². The first-order chi connectivity index (χ1) is 4.58. The summed E-state index contributed by atoms with van der Waals surface area (Å²) < 4.78 is 0. The molecular weight excluding hydrogens is 126 g/mol. The molecule has 2 nitrogen and oxygen atoms in total. The van der Waals surface area contributed by atoms with E-state index in [-0.39, 0.29) is 5.92 Å². The number of aliphatic hydroxyl groups is 1. The van der Waals surface area contributed by atoms with Gasteiger partial charge in [-0.3, -0.25) is 0 Å². The van der Waals surface area contributed by atoms with Gasteiger partial charge in [-0.25, -0.2) is 0 Å². The molecule has 0 aromatic rings. The Morgan fingerprint density at radius 3 is 2.50 bits per heavy atom. The molecule has 1 rings (SSSR count). The van der Waals surface area contributed by atoms with Gasteiger partial charge in [0.05, 0.1) is 5.60 Å².